The number of carbonyl (C=O) groups excluding carboxylic acids is 2. The average Bonchev–Trinajstić information content (AvgIpc) is 2.96. The Kier molecular flexibility index (Phi) is 6.06. The number of carbonyl (C=O) groups is 2. The Morgan fingerprint density at radius 2 is 1.96 bits per heavy atom. The summed E-state index contributed by atoms with van der Waals surface area (Å²) in [5.74, 6) is -0.0577. The summed E-state index contributed by atoms with van der Waals surface area (Å²) in [5, 5.41) is 8.74. The second-order valence-corrected chi connectivity index (χ2v) is 5.51. The van der Waals surface area contributed by atoms with Gasteiger partial charge in [-0.1, -0.05) is 24.2 Å². The van der Waals surface area contributed by atoms with E-state index in [1.165, 1.54) is 12.1 Å². The fourth-order valence-corrected chi connectivity index (χ4v) is 2.32. The van der Waals surface area contributed by atoms with E-state index in [-0.39, 0.29) is 36.5 Å². The topological polar surface area (TPSA) is 84.2 Å². The van der Waals surface area contributed by atoms with Gasteiger partial charge in [0.25, 0.3) is 0 Å². The summed E-state index contributed by atoms with van der Waals surface area (Å²) in [5.41, 5.74) is 0.900. The number of halogens is 1. The van der Waals surface area contributed by atoms with Crippen molar-refractivity contribution in [1.29, 1.82) is 0 Å². The molecule has 2 N–H and O–H groups in total. The van der Waals surface area contributed by atoms with E-state index < -0.39 is 0 Å². The van der Waals surface area contributed by atoms with Crippen molar-refractivity contribution < 1.29 is 18.5 Å². The van der Waals surface area contributed by atoms with Gasteiger partial charge in [-0.25, -0.2) is 4.39 Å². The number of hydrogen-bond donors (Lipinski definition) is 2. The van der Waals surface area contributed by atoms with Gasteiger partial charge in [0.05, 0.1) is 6.54 Å². The molecule has 1 heterocycles. The van der Waals surface area contributed by atoms with Gasteiger partial charge in [-0.05, 0) is 37.0 Å². The van der Waals surface area contributed by atoms with Gasteiger partial charge in [-0.15, -0.1) is 0 Å². The number of benzene rings is 1. The molecule has 1 aromatic heterocycles. The molecule has 1 unspecified atom stereocenters. The summed E-state index contributed by atoms with van der Waals surface area (Å²) < 4.78 is 17.8. The Labute approximate surface area is 139 Å². The molecule has 2 amide bonds. The zero-order valence-corrected chi connectivity index (χ0v) is 13.6. The van der Waals surface area contributed by atoms with Crippen molar-refractivity contribution in [1.82, 2.24) is 10.5 Å². The normalized spacial score (nSPS) is 11.8. The number of rotatable bonds is 7. The average molecular weight is 333 g/mol. The Morgan fingerprint density at radius 1 is 1.25 bits per heavy atom. The fraction of sp³-hybridized carbons (Fsp3) is 0.353. The first-order valence-corrected chi connectivity index (χ1v) is 7.73. The summed E-state index contributed by atoms with van der Waals surface area (Å²) in [6.45, 7) is 3.52. The van der Waals surface area contributed by atoms with E-state index in [0.717, 1.165) is 12.0 Å². The molecule has 0 spiro atoms. The summed E-state index contributed by atoms with van der Waals surface area (Å²) in [4.78, 5) is 23.8. The third-order valence-corrected chi connectivity index (χ3v) is 3.61. The van der Waals surface area contributed by atoms with Crippen LogP contribution in [-0.2, 0) is 9.59 Å². The van der Waals surface area contributed by atoms with Crippen molar-refractivity contribution in [2.75, 3.05) is 11.9 Å². The van der Waals surface area contributed by atoms with Crippen molar-refractivity contribution in [2.45, 2.75) is 32.6 Å². The summed E-state index contributed by atoms with van der Waals surface area (Å²) in [6, 6.07) is 7.70. The molecule has 0 radical (unpaired) electrons. The molecule has 0 saturated carbocycles. The number of aromatic nitrogens is 1. The van der Waals surface area contributed by atoms with Crippen LogP contribution in [-0.4, -0.2) is 23.5 Å². The fourth-order valence-electron chi connectivity index (χ4n) is 2.32. The molecule has 1 atom stereocenters. The van der Waals surface area contributed by atoms with Gasteiger partial charge in [0.15, 0.2) is 5.82 Å². The van der Waals surface area contributed by atoms with Crippen LogP contribution in [0.3, 0.4) is 0 Å². The van der Waals surface area contributed by atoms with Gasteiger partial charge in [-0.3, -0.25) is 9.59 Å². The lowest BCUT2D eigenvalue weighted by molar-refractivity contribution is -0.124. The predicted molar refractivity (Wildman–Crippen MR) is 86.9 cm³/mol. The third kappa shape index (κ3) is 5.19. The molecule has 2 rings (SSSR count). The molecular formula is C17H20FN3O3. The van der Waals surface area contributed by atoms with Crippen LogP contribution in [0.25, 0.3) is 0 Å². The SMILES string of the molecule is CCC(CC(=O)NCC(=O)Nc1cc(C)on1)c1ccc(F)cc1. The standard InChI is InChI=1S/C17H20FN3O3/c1-3-12(13-4-6-14(18)7-5-13)9-16(22)19-10-17(23)20-15-8-11(2)24-21-15/h4-8,12H,3,9-10H2,1-2H3,(H,19,22)(H,20,21,23). The first-order chi connectivity index (χ1) is 11.5. The van der Waals surface area contributed by atoms with Gasteiger partial charge >= 0.3 is 0 Å². The van der Waals surface area contributed by atoms with Crippen molar-refractivity contribution >= 4 is 17.6 Å². The Morgan fingerprint density at radius 3 is 2.54 bits per heavy atom. The monoisotopic (exact) mass is 333 g/mol. The van der Waals surface area contributed by atoms with Crippen LogP contribution in [0.15, 0.2) is 34.9 Å². The molecule has 0 fully saturated rings. The van der Waals surface area contributed by atoms with Gasteiger partial charge in [0.1, 0.15) is 11.6 Å². The zero-order valence-electron chi connectivity index (χ0n) is 13.6. The Hall–Kier alpha value is -2.70. The van der Waals surface area contributed by atoms with Crippen molar-refractivity contribution in [3.05, 3.63) is 47.5 Å². The second kappa shape index (κ2) is 8.24. The predicted octanol–water partition coefficient (Wildman–Crippen LogP) is 2.76. The summed E-state index contributed by atoms with van der Waals surface area (Å²) in [6.07, 6.45) is 0.974. The van der Waals surface area contributed by atoms with Crippen LogP contribution in [0, 0.1) is 12.7 Å². The van der Waals surface area contributed by atoms with E-state index in [9.17, 15) is 14.0 Å². The molecule has 0 aliphatic heterocycles. The van der Waals surface area contributed by atoms with E-state index in [0.29, 0.717) is 11.6 Å². The highest BCUT2D eigenvalue weighted by Gasteiger charge is 2.15. The number of hydrogen-bond acceptors (Lipinski definition) is 4. The molecule has 6 nitrogen and oxygen atoms in total. The maximum Gasteiger partial charge on any atom is 0.245 e. The smallest absolute Gasteiger partial charge is 0.245 e. The number of amides is 2. The van der Waals surface area contributed by atoms with Crippen LogP contribution in [0.2, 0.25) is 0 Å². The van der Waals surface area contributed by atoms with Crippen LogP contribution < -0.4 is 10.6 Å². The molecule has 0 aliphatic carbocycles. The lowest BCUT2D eigenvalue weighted by atomic mass is 9.93. The number of aryl methyl sites for hydroxylation is 1. The summed E-state index contributed by atoms with van der Waals surface area (Å²) in [7, 11) is 0. The lowest BCUT2D eigenvalue weighted by Crippen LogP contribution is -2.33. The van der Waals surface area contributed by atoms with Gasteiger partial charge in [0, 0.05) is 12.5 Å². The lowest BCUT2D eigenvalue weighted by Gasteiger charge is -2.15. The Bertz CT molecular complexity index is 697. The van der Waals surface area contributed by atoms with E-state index in [4.69, 9.17) is 4.52 Å². The number of anilines is 1. The minimum absolute atomic E-state index is 0.0214. The van der Waals surface area contributed by atoms with E-state index >= 15 is 0 Å². The van der Waals surface area contributed by atoms with Crippen LogP contribution in [0.4, 0.5) is 10.2 Å². The highest BCUT2D eigenvalue weighted by Crippen LogP contribution is 2.23. The maximum absolute atomic E-state index is 13.0. The van der Waals surface area contributed by atoms with Crippen molar-refractivity contribution in [3.8, 4) is 0 Å². The molecular weight excluding hydrogens is 313 g/mol. The molecule has 0 aliphatic rings. The maximum atomic E-state index is 13.0. The van der Waals surface area contributed by atoms with Gasteiger partial charge in [-0.2, -0.15) is 0 Å². The minimum Gasteiger partial charge on any atom is -0.360 e. The summed E-state index contributed by atoms with van der Waals surface area (Å²) >= 11 is 0. The van der Waals surface area contributed by atoms with Crippen LogP contribution >= 0.6 is 0 Å². The van der Waals surface area contributed by atoms with Crippen molar-refractivity contribution in [2.24, 2.45) is 0 Å². The van der Waals surface area contributed by atoms with Gasteiger partial charge < -0.3 is 15.2 Å². The molecule has 0 bridgehead atoms. The minimum atomic E-state index is -0.383. The largest absolute Gasteiger partial charge is 0.360 e. The quantitative estimate of drug-likeness (QED) is 0.816. The molecule has 2 aromatic rings. The van der Waals surface area contributed by atoms with E-state index in [1.54, 1.807) is 25.1 Å². The second-order valence-electron chi connectivity index (χ2n) is 5.51. The number of nitrogens with zero attached hydrogens (tertiary/aromatic N) is 1. The van der Waals surface area contributed by atoms with Crippen molar-refractivity contribution in [3.63, 3.8) is 0 Å². The highest BCUT2D eigenvalue weighted by molar-refractivity contribution is 5.93. The zero-order chi connectivity index (χ0) is 17.5. The molecule has 128 valence electrons. The third-order valence-electron chi connectivity index (χ3n) is 3.61. The van der Waals surface area contributed by atoms with Gasteiger partial charge in [0.2, 0.25) is 11.8 Å². The first-order valence-electron chi connectivity index (χ1n) is 7.73. The molecule has 7 heteroatoms. The van der Waals surface area contributed by atoms with Crippen LogP contribution in [0.1, 0.15) is 37.0 Å². The van der Waals surface area contributed by atoms with E-state index in [2.05, 4.69) is 15.8 Å². The Balaban J connectivity index is 1.81. The highest BCUT2D eigenvalue weighted by atomic mass is 19.1. The van der Waals surface area contributed by atoms with E-state index in [1.807, 2.05) is 6.92 Å². The van der Waals surface area contributed by atoms with Crippen LogP contribution in [0.5, 0.6) is 0 Å². The molecule has 24 heavy (non-hydrogen) atoms. The molecule has 1 aromatic carbocycles. The molecule has 0 saturated heterocycles. The number of nitrogens with one attached hydrogen (secondary N) is 2. The first kappa shape index (κ1) is 17.7.